The Morgan fingerprint density at radius 1 is 1.26 bits per heavy atom. The molecule has 1 aromatic heterocycles. The van der Waals surface area contributed by atoms with Crippen molar-refractivity contribution >= 4 is 23.6 Å². The summed E-state index contributed by atoms with van der Waals surface area (Å²) in [6.45, 7) is 0.103. The van der Waals surface area contributed by atoms with Gasteiger partial charge >= 0.3 is 0 Å². The molecule has 0 aliphatic carbocycles. The van der Waals surface area contributed by atoms with Crippen LogP contribution in [0.25, 0.3) is 6.08 Å². The molecule has 5 heteroatoms. The Labute approximate surface area is 140 Å². The third-order valence-electron chi connectivity index (χ3n) is 3.35. The topological polar surface area (TPSA) is 62.2 Å². The van der Waals surface area contributed by atoms with Gasteiger partial charge in [-0.2, -0.15) is 0 Å². The summed E-state index contributed by atoms with van der Waals surface area (Å²) < 4.78 is 0. The molecule has 1 heterocycles. The van der Waals surface area contributed by atoms with Crippen LogP contribution < -0.4 is 5.32 Å². The van der Waals surface area contributed by atoms with Crippen molar-refractivity contribution in [1.29, 1.82) is 0 Å². The second kappa shape index (κ2) is 9.08. The molecule has 0 saturated carbocycles. The molecule has 1 atom stereocenters. The maximum absolute atomic E-state index is 12.1. The summed E-state index contributed by atoms with van der Waals surface area (Å²) in [5, 5.41) is 12.4. The van der Waals surface area contributed by atoms with Gasteiger partial charge in [-0.3, -0.25) is 4.79 Å². The van der Waals surface area contributed by atoms with Crippen LogP contribution in [0.2, 0.25) is 5.15 Å². The number of aliphatic hydroxyl groups is 1. The highest BCUT2D eigenvalue weighted by Crippen LogP contribution is 2.18. The lowest BCUT2D eigenvalue weighted by atomic mass is 10.0. The third-order valence-corrected chi connectivity index (χ3v) is 3.57. The highest BCUT2D eigenvalue weighted by molar-refractivity contribution is 6.29. The molecule has 23 heavy (non-hydrogen) atoms. The summed E-state index contributed by atoms with van der Waals surface area (Å²) in [4.78, 5) is 16.1. The molecular weight excluding hydrogens is 312 g/mol. The number of nitrogens with zero attached hydrogens (tertiary/aromatic N) is 1. The quantitative estimate of drug-likeness (QED) is 0.604. The monoisotopic (exact) mass is 330 g/mol. The highest BCUT2D eigenvalue weighted by atomic mass is 35.5. The van der Waals surface area contributed by atoms with Crippen molar-refractivity contribution in [2.45, 2.75) is 18.9 Å². The minimum Gasteiger partial charge on any atom is -0.396 e. The smallest absolute Gasteiger partial charge is 0.244 e. The van der Waals surface area contributed by atoms with Gasteiger partial charge in [0, 0.05) is 18.9 Å². The molecule has 0 fully saturated rings. The predicted octanol–water partition coefficient (Wildman–Crippen LogP) is 3.38. The van der Waals surface area contributed by atoms with E-state index in [1.165, 1.54) is 6.08 Å². The van der Waals surface area contributed by atoms with E-state index >= 15 is 0 Å². The van der Waals surface area contributed by atoms with Crippen LogP contribution in [0.3, 0.4) is 0 Å². The highest BCUT2D eigenvalue weighted by Gasteiger charge is 2.12. The Kier molecular flexibility index (Phi) is 6.78. The molecule has 0 radical (unpaired) electrons. The molecule has 0 aliphatic rings. The number of halogens is 1. The summed E-state index contributed by atoms with van der Waals surface area (Å²) in [6, 6.07) is 13.1. The Morgan fingerprint density at radius 3 is 2.70 bits per heavy atom. The molecule has 1 amide bonds. The van der Waals surface area contributed by atoms with Gasteiger partial charge in [0.2, 0.25) is 5.91 Å². The fourth-order valence-electron chi connectivity index (χ4n) is 2.18. The van der Waals surface area contributed by atoms with Gasteiger partial charge in [-0.1, -0.05) is 48.0 Å². The van der Waals surface area contributed by atoms with E-state index in [4.69, 9.17) is 16.7 Å². The average Bonchev–Trinajstić information content (AvgIpc) is 2.59. The molecule has 4 nitrogen and oxygen atoms in total. The molecular formula is C18H19ClN2O2. The van der Waals surface area contributed by atoms with E-state index in [2.05, 4.69) is 10.3 Å². The van der Waals surface area contributed by atoms with E-state index < -0.39 is 0 Å². The van der Waals surface area contributed by atoms with Crippen molar-refractivity contribution in [3.8, 4) is 0 Å². The fourth-order valence-corrected chi connectivity index (χ4v) is 2.29. The Bertz CT molecular complexity index is 642. The SMILES string of the molecule is O=C(/C=C/c1ccc(Cl)nc1)NC(CCCO)c1ccccc1. The van der Waals surface area contributed by atoms with E-state index in [1.54, 1.807) is 24.4 Å². The van der Waals surface area contributed by atoms with Gasteiger partial charge in [-0.25, -0.2) is 4.98 Å². The molecule has 2 N–H and O–H groups in total. The summed E-state index contributed by atoms with van der Waals surface area (Å²) in [5.41, 5.74) is 1.83. The van der Waals surface area contributed by atoms with Crippen molar-refractivity contribution in [1.82, 2.24) is 10.3 Å². The zero-order chi connectivity index (χ0) is 16.5. The molecule has 2 rings (SSSR count). The Hall–Kier alpha value is -2.17. The van der Waals surface area contributed by atoms with Crippen LogP contribution in [-0.4, -0.2) is 22.6 Å². The van der Waals surface area contributed by atoms with Gasteiger partial charge < -0.3 is 10.4 Å². The van der Waals surface area contributed by atoms with Crippen LogP contribution in [0.5, 0.6) is 0 Å². The Balaban J connectivity index is 2.00. The van der Waals surface area contributed by atoms with Gasteiger partial charge in [-0.15, -0.1) is 0 Å². The van der Waals surface area contributed by atoms with Gasteiger partial charge in [0.1, 0.15) is 5.15 Å². The van der Waals surface area contributed by atoms with Gasteiger partial charge in [0.25, 0.3) is 0 Å². The van der Waals surface area contributed by atoms with E-state index in [1.807, 2.05) is 30.3 Å². The number of aliphatic hydroxyl groups excluding tert-OH is 1. The number of pyridine rings is 1. The second-order valence-electron chi connectivity index (χ2n) is 5.09. The standard InChI is InChI=1S/C18H19ClN2O2/c19-17-10-8-14(13-20-17)9-11-18(23)21-16(7-4-12-22)15-5-2-1-3-6-15/h1-3,5-6,8-11,13,16,22H,4,7,12H2,(H,21,23)/b11-9+. The van der Waals surface area contributed by atoms with Gasteiger partial charge in [0.05, 0.1) is 6.04 Å². The van der Waals surface area contributed by atoms with E-state index in [9.17, 15) is 4.79 Å². The fraction of sp³-hybridized carbons (Fsp3) is 0.222. The largest absolute Gasteiger partial charge is 0.396 e. The summed E-state index contributed by atoms with van der Waals surface area (Å²) >= 11 is 5.72. The lowest BCUT2D eigenvalue weighted by Gasteiger charge is -2.18. The molecule has 1 aromatic carbocycles. The van der Waals surface area contributed by atoms with E-state index in [0.29, 0.717) is 18.0 Å². The van der Waals surface area contributed by atoms with Crippen LogP contribution in [0.15, 0.2) is 54.7 Å². The molecule has 2 aromatic rings. The first-order chi connectivity index (χ1) is 11.2. The number of benzene rings is 1. The number of amides is 1. The summed E-state index contributed by atoms with van der Waals surface area (Å²) in [7, 11) is 0. The van der Waals surface area contributed by atoms with Crippen molar-refractivity contribution < 1.29 is 9.90 Å². The average molecular weight is 331 g/mol. The minimum atomic E-state index is -0.188. The first-order valence-corrected chi connectivity index (χ1v) is 7.83. The van der Waals surface area contributed by atoms with Crippen molar-refractivity contribution in [2.24, 2.45) is 0 Å². The molecule has 0 spiro atoms. The van der Waals surface area contributed by atoms with Crippen LogP contribution in [-0.2, 0) is 4.79 Å². The summed E-state index contributed by atoms with van der Waals surface area (Å²) in [5.74, 6) is -0.188. The maximum atomic E-state index is 12.1. The molecule has 1 unspecified atom stereocenters. The molecule has 120 valence electrons. The number of rotatable bonds is 7. The number of aromatic nitrogens is 1. The normalized spacial score (nSPS) is 12.3. The molecule has 0 bridgehead atoms. The van der Waals surface area contributed by atoms with Crippen LogP contribution >= 0.6 is 11.6 Å². The number of carbonyl (C=O) groups is 1. The number of nitrogens with one attached hydrogen (secondary N) is 1. The first-order valence-electron chi connectivity index (χ1n) is 7.45. The van der Waals surface area contributed by atoms with Crippen LogP contribution in [0.1, 0.15) is 30.0 Å². The number of hydrogen-bond donors (Lipinski definition) is 2. The number of carbonyl (C=O) groups excluding carboxylic acids is 1. The maximum Gasteiger partial charge on any atom is 0.244 e. The Morgan fingerprint density at radius 2 is 2.04 bits per heavy atom. The van der Waals surface area contributed by atoms with Crippen molar-refractivity contribution in [2.75, 3.05) is 6.61 Å². The van der Waals surface area contributed by atoms with E-state index in [0.717, 1.165) is 11.1 Å². The zero-order valence-electron chi connectivity index (χ0n) is 12.7. The van der Waals surface area contributed by atoms with Crippen molar-refractivity contribution in [3.63, 3.8) is 0 Å². The zero-order valence-corrected chi connectivity index (χ0v) is 13.4. The lowest BCUT2D eigenvalue weighted by Crippen LogP contribution is -2.27. The molecule has 0 saturated heterocycles. The van der Waals surface area contributed by atoms with E-state index in [-0.39, 0.29) is 18.6 Å². The summed E-state index contributed by atoms with van der Waals surface area (Å²) in [6.07, 6.45) is 6.08. The molecule has 0 aliphatic heterocycles. The number of hydrogen-bond acceptors (Lipinski definition) is 3. The third kappa shape index (κ3) is 5.85. The second-order valence-corrected chi connectivity index (χ2v) is 5.47. The van der Waals surface area contributed by atoms with Gasteiger partial charge in [-0.05, 0) is 36.1 Å². The first kappa shape index (κ1) is 17.2. The van der Waals surface area contributed by atoms with Crippen LogP contribution in [0, 0.1) is 0 Å². The van der Waals surface area contributed by atoms with Crippen molar-refractivity contribution in [3.05, 3.63) is 71.0 Å². The van der Waals surface area contributed by atoms with Gasteiger partial charge in [0.15, 0.2) is 0 Å². The minimum absolute atomic E-state index is 0.103. The van der Waals surface area contributed by atoms with Crippen LogP contribution in [0.4, 0.5) is 0 Å². The predicted molar refractivity (Wildman–Crippen MR) is 91.9 cm³/mol. The lowest BCUT2D eigenvalue weighted by molar-refractivity contribution is -0.117.